The topological polar surface area (TPSA) is 185 Å². The molecule has 0 radical (unpaired) electrons. The lowest BCUT2D eigenvalue weighted by Crippen LogP contribution is -2.54. The average molecular weight is 346 g/mol. The average Bonchev–Trinajstić information content (AvgIpc) is 2.49. The van der Waals surface area contributed by atoms with E-state index in [0.29, 0.717) is 19.4 Å². The van der Waals surface area contributed by atoms with Gasteiger partial charge in [-0.3, -0.25) is 14.4 Å². The van der Waals surface area contributed by atoms with Crippen molar-refractivity contribution in [1.82, 2.24) is 10.6 Å². The van der Waals surface area contributed by atoms with Crippen LogP contribution in [0.2, 0.25) is 0 Å². The van der Waals surface area contributed by atoms with E-state index in [-0.39, 0.29) is 19.3 Å². The molecule has 0 fully saturated rings. The van der Waals surface area contributed by atoms with Gasteiger partial charge in [0.25, 0.3) is 0 Å². The summed E-state index contributed by atoms with van der Waals surface area (Å²) in [6.07, 6.45) is 0.783. The number of carbonyl (C=O) groups is 4. The molecule has 0 saturated heterocycles. The van der Waals surface area contributed by atoms with Gasteiger partial charge in [-0.15, -0.1) is 0 Å². The van der Waals surface area contributed by atoms with E-state index in [9.17, 15) is 19.2 Å². The van der Waals surface area contributed by atoms with Gasteiger partial charge < -0.3 is 32.3 Å². The van der Waals surface area contributed by atoms with Gasteiger partial charge in [-0.1, -0.05) is 0 Å². The first-order valence-electron chi connectivity index (χ1n) is 7.70. The Kier molecular flexibility index (Phi) is 10.3. The maximum absolute atomic E-state index is 12.2. The molecule has 138 valence electrons. The summed E-state index contributed by atoms with van der Waals surface area (Å²) in [7, 11) is 0. The summed E-state index contributed by atoms with van der Waals surface area (Å²) in [5.74, 6) is -3.74. The second-order valence-corrected chi connectivity index (χ2v) is 5.47. The minimum atomic E-state index is -1.21. The zero-order valence-corrected chi connectivity index (χ0v) is 13.7. The molecule has 0 aliphatic rings. The third kappa shape index (κ3) is 9.06. The first kappa shape index (κ1) is 21.8. The fourth-order valence-corrected chi connectivity index (χ4v) is 1.86. The quantitative estimate of drug-likeness (QED) is 0.228. The van der Waals surface area contributed by atoms with Crippen LogP contribution in [0.15, 0.2) is 0 Å². The number of hydrogen-bond donors (Lipinski definition) is 6. The van der Waals surface area contributed by atoms with Crippen LogP contribution < -0.4 is 22.1 Å². The molecule has 0 heterocycles. The minimum absolute atomic E-state index is 0.172. The molecule has 0 aromatic carbocycles. The largest absolute Gasteiger partial charge is 0.481 e. The third-order valence-corrected chi connectivity index (χ3v) is 3.25. The van der Waals surface area contributed by atoms with Crippen LogP contribution in [0.4, 0.5) is 0 Å². The summed E-state index contributed by atoms with van der Waals surface area (Å²) >= 11 is 0. The van der Waals surface area contributed by atoms with E-state index in [2.05, 4.69) is 10.6 Å². The summed E-state index contributed by atoms with van der Waals surface area (Å²) in [6, 6.07) is -3.19. The van der Waals surface area contributed by atoms with Crippen molar-refractivity contribution in [2.45, 2.75) is 57.2 Å². The van der Waals surface area contributed by atoms with Crippen LogP contribution in [-0.4, -0.2) is 58.6 Å². The Bertz CT molecular complexity index is 455. The van der Waals surface area contributed by atoms with Gasteiger partial charge in [0.05, 0.1) is 6.04 Å². The molecule has 10 heteroatoms. The normalized spacial score (nSPS) is 14.3. The van der Waals surface area contributed by atoms with E-state index in [1.54, 1.807) is 0 Å². The number of nitrogens with one attached hydrogen (secondary N) is 2. The SMILES string of the molecule is CC(N)C(=O)NC(CCC(=O)O)C(=O)NC(CCCCN)C(=O)O. The smallest absolute Gasteiger partial charge is 0.326 e. The van der Waals surface area contributed by atoms with Crippen LogP contribution in [0.3, 0.4) is 0 Å². The highest BCUT2D eigenvalue weighted by molar-refractivity contribution is 5.91. The zero-order valence-electron chi connectivity index (χ0n) is 13.7. The number of rotatable bonds is 12. The van der Waals surface area contributed by atoms with E-state index in [0.717, 1.165) is 0 Å². The summed E-state index contributed by atoms with van der Waals surface area (Å²) in [5.41, 5.74) is 10.7. The maximum Gasteiger partial charge on any atom is 0.326 e. The van der Waals surface area contributed by atoms with Crippen LogP contribution in [0, 0.1) is 0 Å². The van der Waals surface area contributed by atoms with Crippen molar-refractivity contribution >= 4 is 23.8 Å². The zero-order chi connectivity index (χ0) is 18.7. The van der Waals surface area contributed by atoms with Crippen LogP contribution in [-0.2, 0) is 19.2 Å². The minimum Gasteiger partial charge on any atom is -0.481 e. The highest BCUT2D eigenvalue weighted by Crippen LogP contribution is 2.04. The predicted molar refractivity (Wildman–Crippen MR) is 84.9 cm³/mol. The van der Waals surface area contributed by atoms with E-state index >= 15 is 0 Å². The standard InChI is InChI=1S/C14H26N4O6/c1-8(16)12(21)17-9(5-6-11(19)20)13(22)18-10(14(23)24)4-2-3-7-15/h8-10H,2-7,15-16H2,1H3,(H,17,21)(H,18,22)(H,19,20)(H,23,24). The number of amides is 2. The van der Waals surface area contributed by atoms with Crippen molar-refractivity contribution in [3.8, 4) is 0 Å². The van der Waals surface area contributed by atoms with E-state index in [1.807, 2.05) is 0 Å². The van der Waals surface area contributed by atoms with Gasteiger partial charge in [-0.05, 0) is 39.2 Å². The number of carbonyl (C=O) groups excluding carboxylic acids is 2. The van der Waals surface area contributed by atoms with Gasteiger partial charge in [-0.25, -0.2) is 4.79 Å². The number of carboxylic acid groups (broad SMARTS) is 2. The lowest BCUT2D eigenvalue weighted by molar-refractivity contribution is -0.143. The van der Waals surface area contributed by atoms with Crippen LogP contribution in [0.5, 0.6) is 0 Å². The summed E-state index contributed by atoms with van der Waals surface area (Å²) in [4.78, 5) is 45.7. The van der Waals surface area contributed by atoms with E-state index < -0.39 is 41.9 Å². The highest BCUT2D eigenvalue weighted by atomic mass is 16.4. The van der Waals surface area contributed by atoms with E-state index in [1.165, 1.54) is 6.92 Å². The molecule has 8 N–H and O–H groups in total. The number of unbranched alkanes of at least 4 members (excludes halogenated alkanes) is 1. The Morgan fingerprint density at radius 2 is 1.54 bits per heavy atom. The molecule has 0 aliphatic carbocycles. The Morgan fingerprint density at radius 1 is 0.958 bits per heavy atom. The summed E-state index contributed by atoms with van der Waals surface area (Å²) in [5, 5.41) is 22.5. The van der Waals surface area contributed by atoms with Crippen molar-refractivity contribution in [2.24, 2.45) is 11.5 Å². The molecule has 0 saturated carbocycles. The van der Waals surface area contributed by atoms with Crippen LogP contribution in [0.1, 0.15) is 39.0 Å². The molecule has 0 aliphatic heterocycles. The van der Waals surface area contributed by atoms with E-state index in [4.69, 9.17) is 21.7 Å². The van der Waals surface area contributed by atoms with Crippen molar-refractivity contribution in [1.29, 1.82) is 0 Å². The molecular formula is C14H26N4O6. The lowest BCUT2D eigenvalue weighted by Gasteiger charge is -2.21. The Hall–Kier alpha value is -2.20. The molecule has 0 bridgehead atoms. The molecule has 0 aromatic rings. The second-order valence-electron chi connectivity index (χ2n) is 5.47. The van der Waals surface area contributed by atoms with Gasteiger partial charge in [0.1, 0.15) is 12.1 Å². The molecule has 10 nitrogen and oxygen atoms in total. The second kappa shape index (κ2) is 11.4. The predicted octanol–water partition coefficient (Wildman–Crippen LogP) is -1.62. The van der Waals surface area contributed by atoms with Gasteiger partial charge in [0, 0.05) is 6.42 Å². The molecular weight excluding hydrogens is 320 g/mol. The van der Waals surface area contributed by atoms with Crippen molar-refractivity contribution in [3.63, 3.8) is 0 Å². The fourth-order valence-electron chi connectivity index (χ4n) is 1.86. The van der Waals surface area contributed by atoms with Crippen molar-refractivity contribution in [2.75, 3.05) is 6.54 Å². The van der Waals surface area contributed by atoms with Crippen LogP contribution in [0.25, 0.3) is 0 Å². The van der Waals surface area contributed by atoms with Gasteiger partial charge in [0.15, 0.2) is 0 Å². The van der Waals surface area contributed by atoms with Gasteiger partial charge in [0.2, 0.25) is 11.8 Å². The monoisotopic (exact) mass is 346 g/mol. The number of carboxylic acids is 2. The molecule has 24 heavy (non-hydrogen) atoms. The molecule has 0 spiro atoms. The number of hydrogen-bond acceptors (Lipinski definition) is 6. The summed E-state index contributed by atoms with van der Waals surface area (Å²) < 4.78 is 0. The lowest BCUT2D eigenvalue weighted by atomic mass is 10.1. The Balaban J connectivity index is 4.87. The Labute approximate surface area is 139 Å². The molecule has 0 aromatic heterocycles. The first-order chi connectivity index (χ1) is 11.2. The summed E-state index contributed by atoms with van der Waals surface area (Å²) in [6.45, 7) is 1.82. The van der Waals surface area contributed by atoms with Gasteiger partial charge in [-0.2, -0.15) is 0 Å². The molecule has 0 rings (SSSR count). The fraction of sp³-hybridized carbons (Fsp3) is 0.714. The van der Waals surface area contributed by atoms with Crippen LogP contribution >= 0.6 is 0 Å². The molecule has 2 amide bonds. The first-order valence-corrected chi connectivity index (χ1v) is 7.70. The molecule has 3 atom stereocenters. The van der Waals surface area contributed by atoms with Crippen molar-refractivity contribution in [3.05, 3.63) is 0 Å². The molecule has 3 unspecified atom stereocenters. The maximum atomic E-state index is 12.2. The number of aliphatic carboxylic acids is 2. The third-order valence-electron chi connectivity index (χ3n) is 3.25. The number of nitrogens with two attached hydrogens (primary N) is 2. The van der Waals surface area contributed by atoms with Gasteiger partial charge >= 0.3 is 11.9 Å². The van der Waals surface area contributed by atoms with Crippen molar-refractivity contribution < 1.29 is 29.4 Å². The highest BCUT2D eigenvalue weighted by Gasteiger charge is 2.27. The Morgan fingerprint density at radius 3 is 2.00 bits per heavy atom.